The average Bonchev–Trinajstić information content (AvgIpc) is 2.50. The lowest BCUT2D eigenvalue weighted by atomic mass is 10.2. The van der Waals surface area contributed by atoms with E-state index in [-0.39, 0.29) is 5.91 Å². The molecule has 3 aromatic rings. The molecule has 5 heteroatoms. The van der Waals surface area contributed by atoms with Crippen LogP contribution >= 0.6 is 15.9 Å². The molecule has 104 valence electrons. The zero-order chi connectivity index (χ0) is 14.8. The number of hydrogen-bond acceptors (Lipinski definition) is 3. The number of anilines is 2. The second-order valence-corrected chi connectivity index (χ2v) is 5.44. The van der Waals surface area contributed by atoms with Crippen molar-refractivity contribution in [1.82, 2.24) is 4.98 Å². The molecule has 0 fully saturated rings. The first-order valence-corrected chi connectivity index (χ1v) is 7.15. The van der Waals surface area contributed by atoms with Crippen LogP contribution in [0, 0.1) is 0 Å². The molecule has 0 saturated carbocycles. The molecule has 0 bridgehead atoms. The van der Waals surface area contributed by atoms with E-state index in [4.69, 9.17) is 5.73 Å². The summed E-state index contributed by atoms with van der Waals surface area (Å²) in [4.78, 5) is 16.7. The fourth-order valence-corrected chi connectivity index (χ4v) is 2.36. The Hall–Kier alpha value is -2.40. The zero-order valence-electron chi connectivity index (χ0n) is 11.0. The molecule has 0 aliphatic heterocycles. The summed E-state index contributed by atoms with van der Waals surface area (Å²) in [5.74, 6) is -0.271. The fourth-order valence-electron chi connectivity index (χ4n) is 2.02. The van der Waals surface area contributed by atoms with Gasteiger partial charge in [0.25, 0.3) is 5.91 Å². The van der Waals surface area contributed by atoms with Crippen LogP contribution in [-0.4, -0.2) is 10.9 Å². The van der Waals surface area contributed by atoms with Crippen molar-refractivity contribution in [2.24, 2.45) is 0 Å². The molecule has 3 N–H and O–H groups in total. The van der Waals surface area contributed by atoms with Crippen molar-refractivity contribution in [2.45, 2.75) is 0 Å². The lowest BCUT2D eigenvalue weighted by molar-refractivity contribution is 0.102. The summed E-state index contributed by atoms with van der Waals surface area (Å²) in [5.41, 5.74) is 8.08. The highest BCUT2D eigenvalue weighted by Crippen LogP contribution is 2.25. The van der Waals surface area contributed by atoms with E-state index in [1.54, 1.807) is 24.3 Å². The standard InChI is InChI=1S/C16H12BrN3O/c17-12-7-6-11(18)9-15(12)20-16(21)14-8-5-10-3-1-2-4-13(10)19-14/h1-9H,18H2,(H,20,21). The van der Waals surface area contributed by atoms with Crippen molar-refractivity contribution < 1.29 is 4.79 Å². The van der Waals surface area contributed by atoms with E-state index in [0.717, 1.165) is 15.4 Å². The van der Waals surface area contributed by atoms with E-state index < -0.39 is 0 Å². The summed E-state index contributed by atoms with van der Waals surface area (Å²) >= 11 is 3.38. The van der Waals surface area contributed by atoms with Gasteiger partial charge in [0.15, 0.2) is 0 Å². The van der Waals surface area contributed by atoms with E-state index in [9.17, 15) is 4.79 Å². The molecule has 0 spiro atoms. The first-order valence-electron chi connectivity index (χ1n) is 6.36. The molecule has 4 nitrogen and oxygen atoms in total. The summed E-state index contributed by atoms with van der Waals surface area (Å²) < 4.78 is 0.769. The number of amides is 1. The number of pyridine rings is 1. The maximum absolute atomic E-state index is 12.3. The minimum atomic E-state index is -0.271. The van der Waals surface area contributed by atoms with Crippen LogP contribution in [0.4, 0.5) is 11.4 Å². The number of carbonyl (C=O) groups excluding carboxylic acids is 1. The number of nitrogens with two attached hydrogens (primary N) is 1. The molecule has 21 heavy (non-hydrogen) atoms. The van der Waals surface area contributed by atoms with Crippen LogP contribution in [0.1, 0.15) is 10.5 Å². The third-order valence-electron chi connectivity index (χ3n) is 3.07. The Bertz CT molecular complexity index is 833. The minimum absolute atomic E-state index is 0.271. The third-order valence-corrected chi connectivity index (χ3v) is 3.76. The highest BCUT2D eigenvalue weighted by atomic mass is 79.9. The van der Waals surface area contributed by atoms with E-state index in [2.05, 4.69) is 26.2 Å². The van der Waals surface area contributed by atoms with Crippen molar-refractivity contribution in [3.63, 3.8) is 0 Å². The van der Waals surface area contributed by atoms with Gasteiger partial charge in [-0.2, -0.15) is 0 Å². The monoisotopic (exact) mass is 341 g/mol. The van der Waals surface area contributed by atoms with Crippen molar-refractivity contribution >= 4 is 44.1 Å². The molecule has 3 rings (SSSR count). The second kappa shape index (κ2) is 5.54. The van der Waals surface area contributed by atoms with Crippen LogP contribution < -0.4 is 11.1 Å². The van der Waals surface area contributed by atoms with Gasteiger partial charge < -0.3 is 11.1 Å². The Labute approximate surface area is 130 Å². The van der Waals surface area contributed by atoms with Gasteiger partial charge in [-0.15, -0.1) is 0 Å². The molecular formula is C16H12BrN3O. The van der Waals surface area contributed by atoms with Crippen molar-refractivity contribution in [3.8, 4) is 0 Å². The predicted octanol–water partition coefficient (Wildman–Crippen LogP) is 3.83. The number of hydrogen-bond donors (Lipinski definition) is 2. The number of halogens is 1. The largest absolute Gasteiger partial charge is 0.399 e. The van der Waals surface area contributed by atoms with Gasteiger partial charge in [-0.3, -0.25) is 4.79 Å². The number of nitrogens with one attached hydrogen (secondary N) is 1. The molecule has 0 saturated heterocycles. The summed E-state index contributed by atoms with van der Waals surface area (Å²) in [6, 6.07) is 16.5. The predicted molar refractivity (Wildman–Crippen MR) is 88.3 cm³/mol. The first kappa shape index (κ1) is 13.6. The van der Waals surface area contributed by atoms with Gasteiger partial charge >= 0.3 is 0 Å². The molecule has 0 aliphatic carbocycles. The van der Waals surface area contributed by atoms with Gasteiger partial charge in [-0.05, 0) is 46.3 Å². The van der Waals surface area contributed by atoms with E-state index in [0.29, 0.717) is 17.1 Å². The molecule has 0 unspecified atom stereocenters. The van der Waals surface area contributed by atoms with Crippen molar-refractivity contribution in [3.05, 3.63) is 64.8 Å². The molecule has 1 aromatic heterocycles. The maximum Gasteiger partial charge on any atom is 0.274 e. The van der Waals surface area contributed by atoms with Crippen molar-refractivity contribution in [1.29, 1.82) is 0 Å². The van der Waals surface area contributed by atoms with E-state index >= 15 is 0 Å². The molecule has 1 heterocycles. The molecule has 2 aromatic carbocycles. The molecule has 1 amide bonds. The topological polar surface area (TPSA) is 68.0 Å². The Morgan fingerprint density at radius 2 is 1.90 bits per heavy atom. The van der Waals surface area contributed by atoms with Gasteiger partial charge in [0.05, 0.1) is 11.2 Å². The van der Waals surface area contributed by atoms with Gasteiger partial charge in [0, 0.05) is 15.5 Å². The maximum atomic E-state index is 12.3. The number of para-hydroxylation sites is 1. The summed E-state index contributed by atoms with van der Waals surface area (Å²) in [6.07, 6.45) is 0. The Balaban J connectivity index is 1.91. The first-order chi connectivity index (χ1) is 10.1. The van der Waals surface area contributed by atoms with Crippen molar-refractivity contribution in [2.75, 3.05) is 11.1 Å². The fraction of sp³-hybridized carbons (Fsp3) is 0. The van der Waals surface area contributed by atoms with Crippen LogP contribution in [0.3, 0.4) is 0 Å². The Morgan fingerprint density at radius 3 is 2.76 bits per heavy atom. The number of aromatic nitrogens is 1. The van der Waals surface area contributed by atoms with Gasteiger partial charge in [0.1, 0.15) is 5.69 Å². The third kappa shape index (κ3) is 2.87. The van der Waals surface area contributed by atoms with Crippen LogP contribution in [0.2, 0.25) is 0 Å². The highest BCUT2D eigenvalue weighted by Gasteiger charge is 2.10. The van der Waals surface area contributed by atoms with Gasteiger partial charge in [-0.25, -0.2) is 4.98 Å². The number of carbonyl (C=O) groups is 1. The smallest absolute Gasteiger partial charge is 0.274 e. The number of fused-ring (bicyclic) bond motifs is 1. The Morgan fingerprint density at radius 1 is 1.10 bits per heavy atom. The van der Waals surface area contributed by atoms with Crippen LogP contribution in [-0.2, 0) is 0 Å². The summed E-state index contributed by atoms with van der Waals surface area (Å²) in [6.45, 7) is 0. The molecule has 0 radical (unpaired) electrons. The normalized spacial score (nSPS) is 10.5. The zero-order valence-corrected chi connectivity index (χ0v) is 12.6. The summed E-state index contributed by atoms with van der Waals surface area (Å²) in [5, 5.41) is 3.80. The lowest BCUT2D eigenvalue weighted by Gasteiger charge is -2.08. The number of nitrogens with zero attached hydrogens (tertiary/aromatic N) is 1. The quantitative estimate of drug-likeness (QED) is 0.696. The minimum Gasteiger partial charge on any atom is -0.399 e. The number of benzene rings is 2. The van der Waals surface area contributed by atoms with Crippen LogP contribution in [0.25, 0.3) is 10.9 Å². The molecular weight excluding hydrogens is 330 g/mol. The van der Waals surface area contributed by atoms with E-state index in [1.807, 2.05) is 30.3 Å². The molecule has 0 atom stereocenters. The lowest BCUT2D eigenvalue weighted by Crippen LogP contribution is -2.14. The molecule has 0 aliphatic rings. The van der Waals surface area contributed by atoms with Crippen LogP contribution in [0.15, 0.2) is 59.1 Å². The van der Waals surface area contributed by atoms with Gasteiger partial charge in [0.2, 0.25) is 0 Å². The second-order valence-electron chi connectivity index (χ2n) is 4.58. The van der Waals surface area contributed by atoms with Crippen LogP contribution in [0.5, 0.6) is 0 Å². The summed E-state index contributed by atoms with van der Waals surface area (Å²) in [7, 11) is 0. The number of rotatable bonds is 2. The Kier molecular flexibility index (Phi) is 3.58. The van der Waals surface area contributed by atoms with E-state index in [1.165, 1.54) is 0 Å². The van der Waals surface area contributed by atoms with Gasteiger partial charge in [-0.1, -0.05) is 24.3 Å². The SMILES string of the molecule is Nc1ccc(Br)c(NC(=O)c2ccc3ccccc3n2)c1. The highest BCUT2D eigenvalue weighted by molar-refractivity contribution is 9.10. The average molecular weight is 342 g/mol. The number of nitrogen functional groups attached to an aromatic ring is 1.